The number of aromatic nitrogens is 1. The highest BCUT2D eigenvalue weighted by molar-refractivity contribution is 7.21. The van der Waals surface area contributed by atoms with Crippen molar-refractivity contribution in [3.63, 3.8) is 0 Å². The molecule has 0 radical (unpaired) electrons. The first-order chi connectivity index (χ1) is 19.2. The molecule has 41 heavy (non-hydrogen) atoms. The van der Waals surface area contributed by atoms with Crippen molar-refractivity contribution in [1.82, 2.24) is 4.98 Å². The number of thiazole rings is 1. The molecular formula is C28H14F9NO2S. The van der Waals surface area contributed by atoms with E-state index in [0.717, 1.165) is 27.9 Å². The number of nitrogens with zero attached hydrogens (tertiary/aromatic N) is 1. The van der Waals surface area contributed by atoms with E-state index in [9.17, 15) is 39.5 Å². The number of hydrogen-bond acceptors (Lipinski definition) is 4. The first-order valence-electron chi connectivity index (χ1n) is 11.5. The second kappa shape index (κ2) is 10.3. The molecule has 4 aromatic carbocycles. The van der Waals surface area contributed by atoms with Crippen molar-refractivity contribution in [3.05, 3.63) is 113 Å². The third kappa shape index (κ3) is 5.67. The van der Waals surface area contributed by atoms with Gasteiger partial charge >= 0.3 is 12.2 Å². The molecule has 212 valence electrons. The number of alkyl halides is 4. The summed E-state index contributed by atoms with van der Waals surface area (Å²) in [6, 6.07) is 10.5. The van der Waals surface area contributed by atoms with Gasteiger partial charge in [0.15, 0.2) is 17.5 Å². The predicted molar refractivity (Wildman–Crippen MR) is 132 cm³/mol. The van der Waals surface area contributed by atoms with Gasteiger partial charge in [-0.05, 0) is 36.8 Å². The molecule has 1 aromatic heterocycles. The van der Waals surface area contributed by atoms with Gasteiger partial charge in [0, 0.05) is 29.8 Å². The Kier molecular flexibility index (Phi) is 7.10. The number of aryl methyl sites for hydroxylation is 1. The third-order valence-electron chi connectivity index (χ3n) is 5.77. The lowest BCUT2D eigenvalue weighted by Crippen LogP contribution is -2.26. The van der Waals surface area contributed by atoms with Gasteiger partial charge in [-0.15, -0.1) is 11.3 Å². The van der Waals surface area contributed by atoms with Gasteiger partial charge < -0.3 is 9.47 Å². The van der Waals surface area contributed by atoms with Crippen LogP contribution in [0.3, 0.4) is 0 Å². The molecule has 0 saturated carbocycles. The third-order valence-corrected chi connectivity index (χ3v) is 6.84. The summed E-state index contributed by atoms with van der Waals surface area (Å²) >= 11 is 1.35. The molecule has 0 aliphatic carbocycles. The summed E-state index contributed by atoms with van der Waals surface area (Å²) in [5.74, 6) is -12.3. The van der Waals surface area contributed by atoms with Gasteiger partial charge in [-0.2, -0.15) is 17.6 Å². The van der Waals surface area contributed by atoms with Crippen LogP contribution >= 0.6 is 11.3 Å². The standard InChI is InChI=1S/C28H14F9NO2S/c1-13-2-7-22-23(8-13)41-26(38-22)14-3-5-15(6-4-14)27(34,35)39-16-9-18(29)24(19(30)10-16)28(36,37)40-17-11-20(31)25(33)21(32)12-17/h2-12H,1H3. The van der Waals surface area contributed by atoms with Gasteiger partial charge in [0.1, 0.15) is 33.7 Å². The molecule has 0 spiro atoms. The van der Waals surface area contributed by atoms with E-state index >= 15 is 0 Å². The minimum atomic E-state index is -4.89. The van der Waals surface area contributed by atoms with Gasteiger partial charge in [-0.1, -0.05) is 18.2 Å². The lowest BCUT2D eigenvalue weighted by molar-refractivity contribution is -0.190. The maximum Gasteiger partial charge on any atom is 0.432 e. The highest BCUT2D eigenvalue weighted by Crippen LogP contribution is 2.40. The highest BCUT2D eigenvalue weighted by atomic mass is 32.1. The highest BCUT2D eigenvalue weighted by Gasteiger charge is 2.43. The predicted octanol–water partition coefficient (Wildman–Crippen LogP) is 9.22. The molecule has 13 heteroatoms. The van der Waals surface area contributed by atoms with Crippen LogP contribution in [0.2, 0.25) is 0 Å². The normalized spacial score (nSPS) is 12.1. The first kappa shape index (κ1) is 28.3. The molecule has 0 saturated heterocycles. The summed E-state index contributed by atoms with van der Waals surface area (Å²) in [7, 11) is 0. The number of rotatable bonds is 7. The lowest BCUT2D eigenvalue weighted by atomic mass is 10.1. The van der Waals surface area contributed by atoms with Gasteiger partial charge in [0.25, 0.3) is 0 Å². The van der Waals surface area contributed by atoms with Gasteiger partial charge in [-0.25, -0.2) is 26.9 Å². The second-order valence-electron chi connectivity index (χ2n) is 8.77. The van der Waals surface area contributed by atoms with Crippen LogP contribution < -0.4 is 9.47 Å². The molecule has 0 bridgehead atoms. The smallest absolute Gasteiger partial charge is 0.429 e. The fourth-order valence-electron chi connectivity index (χ4n) is 3.85. The molecule has 0 fully saturated rings. The molecule has 5 rings (SSSR count). The number of fused-ring (bicyclic) bond motifs is 1. The van der Waals surface area contributed by atoms with Crippen molar-refractivity contribution >= 4 is 21.6 Å². The summed E-state index contributed by atoms with van der Waals surface area (Å²) in [6.07, 6.45) is -9.03. The van der Waals surface area contributed by atoms with Crippen molar-refractivity contribution in [2.75, 3.05) is 0 Å². The topological polar surface area (TPSA) is 31.4 Å². The Labute approximate surface area is 229 Å². The minimum Gasteiger partial charge on any atom is -0.429 e. The molecular weight excluding hydrogens is 585 g/mol. The summed E-state index contributed by atoms with van der Waals surface area (Å²) < 4.78 is 137. The Morgan fingerprint density at radius 3 is 1.78 bits per heavy atom. The summed E-state index contributed by atoms with van der Waals surface area (Å²) in [5, 5.41) is 0.565. The monoisotopic (exact) mass is 599 g/mol. The van der Waals surface area contributed by atoms with E-state index in [4.69, 9.17) is 0 Å². The van der Waals surface area contributed by atoms with E-state index in [1.165, 1.54) is 23.5 Å². The Morgan fingerprint density at radius 1 is 0.659 bits per heavy atom. The van der Waals surface area contributed by atoms with E-state index in [0.29, 0.717) is 10.6 Å². The molecule has 0 unspecified atom stereocenters. The molecule has 0 amide bonds. The van der Waals surface area contributed by atoms with E-state index in [2.05, 4.69) is 14.5 Å². The minimum absolute atomic E-state index is 0.0310. The van der Waals surface area contributed by atoms with Crippen LogP contribution in [-0.4, -0.2) is 4.98 Å². The molecule has 1 heterocycles. The van der Waals surface area contributed by atoms with Crippen LogP contribution in [-0.2, 0) is 12.2 Å². The maximum atomic E-state index is 14.8. The maximum absolute atomic E-state index is 14.8. The van der Waals surface area contributed by atoms with Crippen LogP contribution in [0.1, 0.15) is 16.7 Å². The second-order valence-corrected chi connectivity index (χ2v) is 9.80. The van der Waals surface area contributed by atoms with Crippen molar-refractivity contribution in [1.29, 1.82) is 0 Å². The largest absolute Gasteiger partial charge is 0.432 e. The average Bonchev–Trinajstić information content (AvgIpc) is 3.29. The number of ether oxygens (including phenoxy) is 2. The number of halogens is 9. The summed E-state index contributed by atoms with van der Waals surface area (Å²) in [6.45, 7) is 1.92. The number of hydrogen-bond donors (Lipinski definition) is 0. The van der Waals surface area contributed by atoms with Crippen molar-refractivity contribution < 1.29 is 49.0 Å². The van der Waals surface area contributed by atoms with Crippen LogP contribution in [0.25, 0.3) is 20.8 Å². The summed E-state index contributed by atoms with van der Waals surface area (Å²) in [4.78, 5) is 4.46. The van der Waals surface area contributed by atoms with E-state index in [-0.39, 0.29) is 24.3 Å². The zero-order valence-electron chi connectivity index (χ0n) is 20.4. The lowest BCUT2D eigenvalue weighted by Gasteiger charge is -2.22. The average molecular weight is 599 g/mol. The van der Waals surface area contributed by atoms with Crippen molar-refractivity contribution in [2.24, 2.45) is 0 Å². The van der Waals surface area contributed by atoms with E-state index in [1.54, 1.807) is 0 Å². The first-order valence-corrected chi connectivity index (χ1v) is 12.3. The zero-order chi connectivity index (χ0) is 29.7. The molecule has 0 atom stereocenters. The van der Waals surface area contributed by atoms with Crippen LogP contribution in [0.15, 0.2) is 66.7 Å². The summed E-state index contributed by atoms with van der Waals surface area (Å²) in [5.41, 5.74) is -0.497. The quantitative estimate of drug-likeness (QED) is 0.138. The van der Waals surface area contributed by atoms with Crippen LogP contribution in [0.5, 0.6) is 11.5 Å². The van der Waals surface area contributed by atoms with Gasteiger partial charge in [-0.3, -0.25) is 0 Å². The van der Waals surface area contributed by atoms with Crippen LogP contribution in [0, 0.1) is 36.0 Å². The van der Waals surface area contributed by atoms with Crippen molar-refractivity contribution in [2.45, 2.75) is 19.1 Å². The Bertz CT molecular complexity index is 1730. The van der Waals surface area contributed by atoms with Crippen molar-refractivity contribution in [3.8, 4) is 22.1 Å². The Balaban J connectivity index is 1.36. The van der Waals surface area contributed by atoms with Gasteiger partial charge in [0.05, 0.1) is 15.8 Å². The molecule has 5 aromatic rings. The van der Waals surface area contributed by atoms with Gasteiger partial charge in [0.2, 0.25) is 0 Å². The Hall–Kier alpha value is -4.26. The fourth-order valence-corrected chi connectivity index (χ4v) is 4.92. The zero-order valence-corrected chi connectivity index (χ0v) is 21.2. The van der Waals surface area contributed by atoms with E-state index in [1.807, 2.05) is 25.1 Å². The van der Waals surface area contributed by atoms with E-state index < -0.39 is 63.9 Å². The Morgan fingerprint density at radius 2 is 1.20 bits per heavy atom. The molecule has 3 nitrogen and oxygen atoms in total. The molecule has 0 N–H and O–H groups in total. The number of benzene rings is 4. The fraction of sp³-hybridized carbons (Fsp3) is 0.107. The molecule has 0 aliphatic heterocycles. The SMILES string of the molecule is Cc1ccc2nc(-c3ccc(C(F)(F)Oc4cc(F)c(C(F)(F)Oc5cc(F)c(F)c(F)c5)c(F)c4)cc3)sc2c1. The van der Waals surface area contributed by atoms with Crippen LogP contribution in [0.4, 0.5) is 39.5 Å². The molecule has 0 aliphatic rings.